The van der Waals surface area contributed by atoms with Crippen molar-refractivity contribution >= 4 is 32.7 Å². The molecule has 0 aliphatic heterocycles. The van der Waals surface area contributed by atoms with E-state index >= 15 is 0 Å². The number of likely N-dealkylation sites (N-methyl/N-ethyl adjacent to an activating group) is 1. The van der Waals surface area contributed by atoms with E-state index in [2.05, 4.69) is 10.3 Å². The molecule has 0 bridgehead atoms. The Bertz CT molecular complexity index is 756. The standard InChI is InChI=1S/C17H17N3O2S/c1-20(11-12-22-13-7-3-2-4-8-13)17(21)19-16-18-14-9-5-6-10-15(14)23-16/h2-10H,11-12H2,1H3,(H,18,19,21). The average molecular weight is 327 g/mol. The third-order valence-electron chi connectivity index (χ3n) is 3.29. The molecule has 0 radical (unpaired) electrons. The fourth-order valence-corrected chi connectivity index (χ4v) is 2.89. The first-order valence-corrected chi connectivity index (χ1v) is 8.09. The molecular formula is C17H17N3O2S. The minimum Gasteiger partial charge on any atom is -0.492 e. The van der Waals surface area contributed by atoms with E-state index in [1.165, 1.54) is 11.3 Å². The Hall–Kier alpha value is -2.60. The van der Waals surface area contributed by atoms with E-state index in [4.69, 9.17) is 4.74 Å². The number of rotatable bonds is 5. The number of aromatic nitrogens is 1. The predicted molar refractivity (Wildman–Crippen MR) is 93.2 cm³/mol. The van der Waals surface area contributed by atoms with Crippen LogP contribution in [0, 0.1) is 0 Å². The zero-order valence-corrected chi connectivity index (χ0v) is 13.5. The van der Waals surface area contributed by atoms with Gasteiger partial charge in [0, 0.05) is 7.05 Å². The van der Waals surface area contributed by atoms with Crippen molar-refractivity contribution in [2.45, 2.75) is 0 Å². The summed E-state index contributed by atoms with van der Waals surface area (Å²) < 4.78 is 6.64. The highest BCUT2D eigenvalue weighted by Gasteiger charge is 2.11. The molecule has 1 N–H and O–H groups in total. The molecule has 0 saturated heterocycles. The van der Waals surface area contributed by atoms with Gasteiger partial charge in [0.25, 0.3) is 0 Å². The van der Waals surface area contributed by atoms with E-state index in [0.717, 1.165) is 16.0 Å². The van der Waals surface area contributed by atoms with Crippen molar-refractivity contribution in [3.05, 3.63) is 54.6 Å². The number of nitrogens with zero attached hydrogens (tertiary/aromatic N) is 2. The van der Waals surface area contributed by atoms with Gasteiger partial charge in [-0.3, -0.25) is 5.32 Å². The monoisotopic (exact) mass is 327 g/mol. The lowest BCUT2D eigenvalue weighted by atomic mass is 10.3. The summed E-state index contributed by atoms with van der Waals surface area (Å²) in [5.74, 6) is 0.799. The fourth-order valence-electron chi connectivity index (χ4n) is 2.03. The summed E-state index contributed by atoms with van der Waals surface area (Å²) in [6.07, 6.45) is 0. The average Bonchev–Trinajstić information content (AvgIpc) is 2.98. The molecular weight excluding hydrogens is 310 g/mol. The van der Waals surface area contributed by atoms with Crippen LogP contribution in [-0.2, 0) is 0 Å². The topological polar surface area (TPSA) is 54.5 Å². The van der Waals surface area contributed by atoms with Crippen LogP contribution in [0.3, 0.4) is 0 Å². The van der Waals surface area contributed by atoms with Gasteiger partial charge in [-0.25, -0.2) is 9.78 Å². The van der Waals surface area contributed by atoms with Gasteiger partial charge in [0.15, 0.2) is 5.13 Å². The summed E-state index contributed by atoms with van der Waals surface area (Å²) in [6.45, 7) is 0.930. The number of anilines is 1. The van der Waals surface area contributed by atoms with E-state index in [9.17, 15) is 4.79 Å². The lowest BCUT2D eigenvalue weighted by molar-refractivity contribution is 0.207. The zero-order chi connectivity index (χ0) is 16.1. The minimum atomic E-state index is -0.194. The van der Waals surface area contributed by atoms with Crippen LogP contribution in [0.1, 0.15) is 0 Å². The van der Waals surface area contributed by atoms with Crippen LogP contribution in [0.15, 0.2) is 54.6 Å². The van der Waals surface area contributed by atoms with E-state index in [1.54, 1.807) is 11.9 Å². The summed E-state index contributed by atoms with van der Waals surface area (Å²) in [6, 6.07) is 17.2. The third kappa shape index (κ3) is 3.98. The van der Waals surface area contributed by atoms with Crippen LogP contribution in [0.2, 0.25) is 0 Å². The van der Waals surface area contributed by atoms with Crippen LogP contribution >= 0.6 is 11.3 Å². The van der Waals surface area contributed by atoms with Crippen LogP contribution in [0.4, 0.5) is 9.93 Å². The number of ether oxygens (including phenoxy) is 1. The Balaban J connectivity index is 1.51. The van der Waals surface area contributed by atoms with E-state index in [1.807, 2.05) is 54.6 Å². The summed E-state index contributed by atoms with van der Waals surface area (Å²) in [4.78, 5) is 18.1. The molecule has 2 amide bonds. The van der Waals surface area contributed by atoms with Gasteiger partial charge in [-0.2, -0.15) is 0 Å². The van der Waals surface area contributed by atoms with Crippen molar-refractivity contribution in [1.82, 2.24) is 9.88 Å². The number of para-hydroxylation sites is 2. The molecule has 23 heavy (non-hydrogen) atoms. The summed E-state index contributed by atoms with van der Waals surface area (Å²) in [5.41, 5.74) is 0.892. The molecule has 3 rings (SSSR count). The number of hydrogen-bond acceptors (Lipinski definition) is 4. The SMILES string of the molecule is CN(CCOc1ccccc1)C(=O)Nc1nc2ccccc2s1. The van der Waals surface area contributed by atoms with Gasteiger partial charge in [0.05, 0.1) is 16.8 Å². The van der Waals surface area contributed by atoms with Crippen molar-refractivity contribution in [2.24, 2.45) is 0 Å². The van der Waals surface area contributed by atoms with E-state index in [-0.39, 0.29) is 6.03 Å². The Morgan fingerprint density at radius 2 is 1.91 bits per heavy atom. The molecule has 118 valence electrons. The lowest BCUT2D eigenvalue weighted by Gasteiger charge is -2.17. The number of urea groups is 1. The predicted octanol–water partition coefficient (Wildman–Crippen LogP) is 3.84. The third-order valence-corrected chi connectivity index (χ3v) is 4.24. The Kier molecular flexibility index (Phi) is 4.73. The summed E-state index contributed by atoms with van der Waals surface area (Å²) in [5, 5.41) is 3.42. The molecule has 0 aliphatic rings. The van der Waals surface area contributed by atoms with Crippen molar-refractivity contribution in [3.8, 4) is 5.75 Å². The first-order chi connectivity index (χ1) is 11.2. The number of thiazole rings is 1. The molecule has 6 heteroatoms. The second kappa shape index (κ2) is 7.11. The van der Waals surface area contributed by atoms with Crippen molar-refractivity contribution < 1.29 is 9.53 Å². The van der Waals surface area contributed by atoms with Crippen LogP contribution in [0.5, 0.6) is 5.75 Å². The largest absolute Gasteiger partial charge is 0.492 e. The smallest absolute Gasteiger partial charge is 0.323 e. The summed E-state index contributed by atoms with van der Waals surface area (Å²) >= 11 is 1.46. The molecule has 0 aliphatic carbocycles. The number of fused-ring (bicyclic) bond motifs is 1. The Morgan fingerprint density at radius 1 is 1.17 bits per heavy atom. The van der Waals surface area contributed by atoms with Gasteiger partial charge in [-0.05, 0) is 24.3 Å². The number of carbonyl (C=O) groups is 1. The van der Waals surface area contributed by atoms with Crippen molar-refractivity contribution in [1.29, 1.82) is 0 Å². The molecule has 0 atom stereocenters. The first-order valence-electron chi connectivity index (χ1n) is 7.28. The quantitative estimate of drug-likeness (QED) is 0.774. The van der Waals surface area contributed by atoms with Gasteiger partial charge in [-0.1, -0.05) is 41.7 Å². The molecule has 0 spiro atoms. The van der Waals surface area contributed by atoms with Gasteiger partial charge >= 0.3 is 6.03 Å². The number of amides is 2. The van der Waals surface area contributed by atoms with Crippen molar-refractivity contribution in [3.63, 3.8) is 0 Å². The van der Waals surface area contributed by atoms with Crippen LogP contribution in [0.25, 0.3) is 10.2 Å². The normalized spacial score (nSPS) is 10.5. The lowest BCUT2D eigenvalue weighted by Crippen LogP contribution is -2.34. The number of hydrogen-bond donors (Lipinski definition) is 1. The first kappa shape index (κ1) is 15.3. The second-order valence-electron chi connectivity index (χ2n) is 5.00. The Morgan fingerprint density at radius 3 is 2.70 bits per heavy atom. The van der Waals surface area contributed by atoms with Crippen LogP contribution < -0.4 is 10.1 Å². The fraction of sp³-hybridized carbons (Fsp3) is 0.176. The molecule has 0 fully saturated rings. The maximum absolute atomic E-state index is 12.2. The molecule has 1 aromatic heterocycles. The second-order valence-corrected chi connectivity index (χ2v) is 6.03. The number of benzene rings is 2. The van der Waals surface area contributed by atoms with Crippen LogP contribution in [-0.4, -0.2) is 36.1 Å². The highest BCUT2D eigenvalue weighted by atomic mass is 32.1. The van der Waals surface area contributed by atoms with E-state index in [0.29, 0.717) is 18.3 Å². The van der Waals surface area contributed by atoms with Crippen molar-refractivity contribution in [2.75, 3.05) is 25.5 Å². The number of nitrogens with one attached hydrogen (secondary N) is 1. The van der Waals surface area contributed by atoms with E-state index < -0.39 is 0 Å². The van der Waals surface area contributed by atoms with Gasteiger partial charge in [-0.15, -0.1) is 0 Å². The summed E-state index contributed by atoms with van der Waals surface area (Å²) in [7, 11) is 1.73. The highest BCUT2D eigenvalue weighted by Crippen LogP contribution is 2.25. The maximum atomic E-state index is 12.2. The molecule has 1 heterocycles. The zero-order valence-electron chi connectivity index (χ0n) is 12.7. The van der Waals surface area contributed by atoms with Gasteiger partial charge < -0.3 is 9.64 Å². The molecule has 5 nitrogen and oxygen atoms in total. The molecule has 3 aromatic rings. The molecule has 0 unspecified atom stereocenters. The minimum absolute atomic E-state index is 0.194. The highest BCUT2D eigenvalue weighted by molar-refractivity contribution is 7.22. The molecule has 0 saturated carbocycles. The Labute approximate surface area is 138 Å². The number of carbonyl (C=O) groups excluding carboxylic acids is 1. The molecule has 2 aromatic carbocycles. The van der Waals surface area contributed by atoms with Gasteiger partial charge in [0.2, 0.25) is 0 Å². The van der Waals surface area contributed by atoms with Gasteiger partial charge in [0.1, 0.15) is 12.4 Å². The maximum Gasteiger partial charge on any atom is 0.323 e.